The van der Waals surface area contributed by atoms with Gasteiger partial charge in [-0.2, -0.15) is 4.31 Å². The standard InChI is InChI=1S/C27H34N4O5S/c1-19-13-31(20(2)16-32)27(33)24-12-8-7-11-23(24)22-10-6-5-9-21(22)17-36-25(19)14-30(4)37(34,35)26-15-29(3)18-28-26/h5-12,15,18-20,25,32H,13-14,16-17H2,1-4H3/t19-,20+,25-/m0/s1. The number of likely N-dealkylation sites (N-methyl/N-ethyl adjacent to an activating group) is 1. The summed E-state index contributed by atoms with van der Waals surface area (Å²) in [5, 5.41) is 9.93. The molecule has 2 aromatic carbocycles. The van der Waals surface area contributed by atoms with Crippen LogP contribution in [0, 0.1) is 5.92 Å². The second kappa shape index (κ2) is 11.1. The second-order valence-corrected chi connectivity index (χ2v) is 11.7. The van der Waals surface area contributed by atoms with Gasteiger partial charge >= 0.3 is 0 Å². The highest BCUT2D eigenvalue weighted by atomic mass is 32.2. The van der Waals surface area contributed by atoms with Crippen molar-refractivity contribution in [3.05, 3.63) is 72.2 Å². The van der Waals surface area contributed by atoms with Crippen LogP contribution in [0.1, 0.15) is 29.8 Å². The number of hydrogen-bond acceptors (Lipinski definition) is 6. The number of rotatable bonds is 6. The predicted octanol–water partition coefficient (Wildman–Crippen LogP) is 2.77. The van der Waals surface area contributed by atoms with Crippen molar-refractivity contribution in [3.63, 3.8) is 0 Å². The van der Waals surface area contributed by atoms with Gasteiger partial charge in [0.15, 0.2) is 5.03 Å². The number of ether oxygens (including phenoxy) is 1. The number of hydrogen-bond donors (Lipinski definition) is 1. The fourth-order valence-electron chi connectivity index (χ4n) is 4.58. The highest BCUT2D eigenvalue weighted by molar-refractivity contribution is 7.89. The fourth-order valence-corrected chi connectivity index (χ4v) is 5.73. The first-order chi connectivity index (χ1) is 17.6. The Balaban J connectivity index is 1.73. The molecule has 0 aliphatic carbocycles. The van der Waals surface area contributed by atoms with E-state index in [1.54, 1.807) is 29.5 Å². The number of aliphatic hydroxyl groups is 1. The maximum Gasteiger partial charge on any atom is 0.261 e. The summed E-state index contributed by atoms with van der Waals surface area (Å²) >= 11 is 0. The van der Waals surface area contributed by atoms with Crippen molar-refractivity contribution in [2.45, 2.75) is 37.6 Å². The van der Waals surface area contributed by atoms with Crippen molar-refractivity contribution < 1.29 is 23.1 Å². The number of amides is 1. The SMILES string of the molecule is C[C@H](CO)N1C[C@H](C)[C@H](CN(C)S(=O)(=O)c2cn(C)cn2)OCc2ccccc2-c2ccccc2C1=O. The van der Waals surface area contributed by atoms with E-state index in [0.29, 0.717) is 5.56 Å². The van der Waals surface area contributed by atoms with Crippen LogP contribution in [0.5, 0.6) is 0 Å². The highest BCUT2D eigenvalue weighted by Gasteiger charge is 2.33. The summed E-state index contributed by atoms with van der Waals surface area (Å²) in [5.41, 5.74) is 3.13. The van der Waals surface area contributed by atoms with E-state index in [9.17, 15) is 18.3 Å². The molecule has 3 aromatic rings. The third-order valence-corrected chi connectivity index (χ3v) is 8.60. The van der Waals surface area contributed by atoms with Crippen molar-refractivity contribution in [2.75, 3.05) is 26.7 Å². The normalized spacial score (nSPS) is 19.7. The predicted molar refractivity (Wildman–Crippen MR) is 140 cm³/mol. The molecule has 3 atom stereocenters. The lowest BCUT2D eigenvalue weighted by atomic mass is 9.94. The molecule has 0 fully saturated rings. The molecular weight excluding hydrogens is 492 g/mol. The Labute approximate surface area is 218 Å². The molecule has 0 radical (unpaired) electrons. The number of aromatic nitrogens is 2. The van der Waals surface area contributed by atoms with E-state index in [1.165, 1.54) is 23.9 Å². The zero-order valence-electron chi connectivity index (χ0n) is 21.6. The molecule has 9 nitrogen and oxygen atoms in total. The molecule has 1 aromatic heterocycles. The molecule has 0 saturated heterocycles. The number of carbonyl (C=O) groups is 1. The van der Waals surface area contributed by atoms with Gasteiger partial charge in [-0.1, -0.05) is 49.4 Å². The first-order valence-corrected chi connectivity index (χ1v) is 13.7. The largest absolute Gasteiger partial charge is 0.394 e. The molecule has 1 amide bonds. The summed E-state index contributed by atoms with van der Waals surface area (Å²) in [4.78, 5) is 19.5. The lowest BCUT2D eigenvalue weighted by molar-refractivity contribution is -0.0146. The number of nitrogens with zero attached hydrogens (tertiary/aromatic N) is 4. The van der Waals surface area contributed by atoms with E-state index in [2.05, 4.69) is 4.98 Å². The van der Waals surface area contributed by atoms with Gasteiger partial charge < -0.3 is 19.3 Å². The minimum absolute atomic E-state index is 0.0340. The average Bonchev–Trinajstić information content (AvgIpc) is 3.35. The number of fused-ring (bicyclic) bond motifs is 3. The van der Waals surface area contributed by atoms with Crippen LogP contribution >= 0.6 is 0 Å². The summed E-state index contributed by atoms with van der Waals surface area (Å²) in [7, 11) is -0.613. The lowest BCUT2D eigenvalue weighted by Crippen LogP contribution is -2.47. The molecule has 1 N–H and O–H groups in total. The Hall–Kier alpha value is -3.05. The Morgan fingerprint density at radius 1 is 1.14 bits per heavy atom. The number of imidazole rings is 1. The molecule has 1 aliphatic rings. The van der Waals surface area contributed by atoms with Gasteiger partial charge in [0.25, 0.3) is 15.9 Å². The van der Waals surface area contributed by atoms with Gasteiger partial charge in [-0.25, -0.2) is 13.4 Å². The van der Waals surface area contributed by atoms with Gasteiger partial charge in [-0.15, -0.1) is 0 Å². The molecule has 0 saturated carbocycles. The van der Waals surface area contributed by atoms with Crippen LogP contribution in [0.15, 0.2) is 66.1 Å². The Morgan fingerprint density at radius 2 is 1.78 bits per heavy atom. The first kappa shape index (κ1) is 27.0. The first-order valence-electron chi connectivity index (χ1n) is 12.3. The molecule has 0 bridgehead atoms. The van der Waals surface area contributed by atoms with Crippen molar-refractivity contribution in [1.29, 1.82) is 0 Å². The van der Waals surface area contributed by atoms with Crippen LogP contribution in [0.4, 0.5) is 0 Å². The zero-order chi connectivity index (χ0) is 26.7. The molecular formula is C27H34N4O5S. The summed E-state index contributed by atoms with van der Waals surface area (Å²) in [6.45, 7) is 4.15. The Kier molecular flexibility index (Phi) is 8.13. The lowest BCUT2D eigenvalue weighted by Gasteiger charge is -2.34. The molecule has 10 heteroatoms. The van der Waals surface area contributed by atoms with Crippen molar-refractivity contribution >= 4 is 15.9 Å². The van der Waals surface area contributed by atoms with E-state index in [0.717, 1.165) is 16.7 Å². The molecule has 0 spiro atoms. The highest BCUT2D eigenvalue weighted by Crippen LogP contribution is 2.31. The topological polar surface area (TPSA) is 105 Å². The molecule has 2 heterocycles. The van der Waals surface area contributed by atoms with Gasteiger partial charge in [-0.3, -0.25) is 4.79 Å². The van der Waals surface area contributed by atoms with E-state index >= 15 is 0 Å². The number of benzene rings is 2. The number of aryl methyl sites for hydroxylation is 1. The molecule has 1 aliphatic heterocycles. The van der Waals surface area contributed by atoms with Crippen molar-refractivity contribution in [3.8, 4) is 11.1 Å². The van der Waals surface area contributed by atoms with Crippen LogP contribution < -0.4 is 0 Å². The maximum absolute atomic E-state index is 13.9. The summed E-state index contributed by atoms with van der Waals surface area (Å²) < 4.78 is 35.6. The third kappa shape index (κ3) is 5.62. The maximum atomic E-state index is 13.9. The fraction of sp³-hybridized carbons (Fsp3) is 0.407. The number of aliphatic hydroxyl groups excluding tert-OH is 1. The number of sulfonamides is 1. The van der Waals surface area contributed by atoms with Gasteiger partial charge in [0.05, 0.1) is 31.7 Å². The van der Waals surface area contributed by atoms with Crippen LogP contribution in [0.25, 0.3) is 11.1 Å². The third-order valence-electron chi connectivity index (χ3n) is 6.89. The minimum Gasteiger partial charge on any atom is -0.394 e. The minimum atomic E-state index is -3.83. The summed E-state index contributed by atoms with van der Waals surface area (Å²) in [6.07, 6.45) is 2.38. The Bertz CT molecular complexity index is 1360. The van der Waals surface area contributed by atoms with Gasteiger partial charge in [0.2, 0.25) is 0 Å². The van der Waals surface area contributed by atoms with E-state index < -0.39 is 22.2 Å². The number of carbonyl (C=O) groups excluding carboxylic acids is 1. The van der Waals surface area contributed by atoms with Gasteiger partial charge in [0, 0.05) is 44.9 Å². The molecule has 0 unspecified atom stereocenters. The summed E-state index contributed by atoms with van der Waals surface area (Å²) in [6, 6.07) is 14.8. The van der Waals surface area contributed by atoms with Crippen LogP contribution in [-0.2, 0) is 28.4 Å². The smallest absolute Gasteiger partial charge is 0.261 e. The van der Waals surface area contributed by atoms with E-state index in [1.807, 2.05) is 49.4 Å². The monoisotopic (exact) mass is 526 g/mol. The van der Waals surface area contributed by atoms with Crippen LogP contribution in [0.3, 0.4) is 0 Å². The van der Waals surface area contributed by atoms with Crippen molar-refractivity contribution in [2.24, 2.45) is 13.0 Å². The zero-order valence-corrected chi connectivity index (χ0v) is 22.4. The summed E-state index contributed by atoms with van der Waals surface area (Å²) in [5.74, 6) is -0.425. The quantitative estimate of drug-likeness (QED) is 0.530. The van der Waals surface area contributed by atoms with Crippen molar-refractivity contribution in [1.82, 2.24) is 18.8 Å². The molecule has 198 valence electrons. The average molecular weight is 527 g/mol. The van der Waals surface area contributed by atoms with E-state index in [-0.39, 0.29) is 43.2 Å². The molecule has 37 heavy (non-hydrogen) atoms. The van der Waals surface area contributed by atoms with Gasteiger partial charge in [-0.05, 0) is 29.7 Å². The van der Waals surface area contributed by atoms with E-state index in [4.69, 9.17) is 4.74 Å². The van der Waals surface area contributed by atoms with Gasteiger partial charge in [0.1, 0.15) is 0 Å². The van der Waals surface area contributed by atoms with Crippen LogP contribution in [-0.4, -0.2) is 77.1 Å². The Morgan fingerprint density at radius 3 is 2.43 bits per heavy atom. The molecule has 4 rings (SSSR count). The second-order valence-electron chi connectivity index (χ2n) is 9.68. The van der Waals surface area contributed by atoms with Crippen LogP contribution in [0.2, 0.25) is 0 Å².